The van der Waals surface area contributed by atoms with Crippen LogP contribution in [-0.4, -0.2) is 50.1 Å². The van der Waals surface area contributed by atoms with Crippen LogP contribution in [0.3, 0.4) is 0 Å². The summed E-state index contributed by atoms with van der Waals surface area (Å²) in [7, 11) is 0. The molecule has 0 aromatic carbocycles. The van der Waals surface area contributed by atoms with Crippen LogP contribution in [-0.2, 0) is 4.74 Å². The molecule has 1 N–H and O–H groups in total. The van der Waals surface area contributed by atoms with Crippen LogP contribution in [0.2, 0.25) is 0 Å². The van der Waals surface area contributed by atoms with Crippen molar-refractivity contribution in [1.29, 1.82) is 0 Å². The first-order valence-corrected chi connectivity index (χ1v) is 7.45. The van der Waals surface area contributed by atoms with E-state index in [2.05, 4.69) is 33.9 Å². The van der Waals surface area contributed by atoms with Crippen molar-refractivity contribution in [2.75, 3.05) is 18.0 Å². The molecule has 7 nitrogen and oxygen atoms in total. The summed E-state index contributed by atoms with van der Waals surface area (Å²) in [6, 6.07) is 4.02. The van der Waals surface area contributed by atoms with Gasteiger partial charge >= 0.3 is 0 Å². The lowest BCUT2D eigenvalue weighted by Crippen LogP contribution is -2.46. The molecule has 114 valence electrons. The summed E-state index contributed by atoms with van der Waals surface area (Å²) in [5.74, 6) is 0.942. The Morgan fingerprint density at radius 2 is 2.00 bits per heavy atom. The molecule has 4 rings (SSSR count). The van der Waals surface area contributed by atoms with Crippen molar-refractivity contribution < 1.29 is 4.74 Å². The molecule has 22 heavy (non-hydrogen) atoms. The summed E-state index contributed by atoms with van der Waals surface area (Å²) < 4.78 is 7.66. The van der Waals surface area contributed by atoms with Crippen molar-refractivity contribution in [3.63, 3.8) is 0 Å². The average Bonchev–Trinajstić information content (AvgIpc) is 3.14. The first kappa shape index (κ1) is 13.3. The summed E-state index contributed by atoms with van der Waals surface area (Å²) in [4.78, 5) is 6.67. The number of rotatable bonds is 2. The maximum atomic E-state index is 5.79. The fourth-order valence-corrected chi connectivity index (χ4v) is 2.99. The molecule has 0 aliphatic carbocycles. The van der Waals surface area contributed by atoms with Gasteiger partial charge in [-0.1, -0.05) is 0 Å². The molecular weight excluding hydrogens is 280 g/mol. The zero-order valence-electron chi connectivity index (χ0n) is 12.6. The van der Waals surface area contributed by atoms with Crippen molar-refractivity contribution in [3.8, 4) is 11.3 Å². The van der Waals surface area contributed by atoms with Crippen LogP contribution in [0.5, 0.6) is 0 Å². The highest BCUT2D eigenvalue weighted by Crippen LogP contribution is 2.22. The molecule has 0 unspecified atom stereocenters. The van der Waals surface area contributed by atoms with E-state index in [0.29, 0.717) is 0 Å². The van der Waals surface area contributed by atoms with Crippen LogP contribution < -0.4 is 4.90 Å². The van der Waals surface area contributed by atoms with Crippen molar-refractivity contribution in [2.24, 2.45) is 0 Å². The van der Waals surface area contributed by atoms with Gasteiger partial charge in [0.2, 0.25) is 0 Å². The van der Waals surface area contributed by atoms with E-state index >= 15 is 0 Å². The van der Waals surface area contributed by atoms with Gasteiger partial charge in [0.1, 0.15) is 5.82 Å². The van der Waals surface area contributed by atoms with E-state index in [-0.39, 0.29) is 12.2 Å². The SMILES string of the molecule is C[C@@H]1CN(c2ccc3ncc(-c4cn[nH]c4)n3n2)C[C@H](C)O1. The first-order chi connectivity index (χ1) is 10.7. The third-order valence-corrected chi connectivity index (χ3v) is 3.89. The van der Waals surface area contributed by atoms with Crippen LogP contribution in [0.1, 0.15) is 13.8 Å². The highest BCUT2D eigenvalue weighted by atomic mass is 16.5. The predicted octanol–water partition coefficient (Wildman–Crippen LogP) is 1.73. The third-order valence-electron chi connectivity index (χ3n) is 3.89. The third kappa shape index (κ3) is 2.23. The molecule has 2 atom stereocenters. The largest absolute Gasteiger partial charge is 0.372 e. The van der Waals surface area contributed by atoms with Crippen molar-refractivity contribution >= 4 is 11.5 Å². The van der Waals surface area contributed by atoms with Crippen LogP contribution >= 0.6 is 0 Å². The van der Waals surface area contributed by atoms with E-state index in [1.54, 1.807) is 6.20 Å². The Bertz CT molecular complexity index is 771. The van der Waals surface area contributed by atoms with Gasteiger partial charge in [0.15, 0.2) is 5.65 Å². The van der Waals surface area contributed by atoms with E-state index in [1.807, 2.05) is 29.0 Å². The van der Waals surface area contributed by atoms with Crippen LogP contribution in [0.4, 0.5) is 5.82 Å². The lowest BCUT2D eigenvalue weighted by atomic mass is 10.2. The van der Waals surface area contributed by atoms with E-state index in [9.17, 15) is 0 Å². The lowest BCUT2D eigenvalue weighted by molar-refractivity contribution is -0.00551. The van der Waals surface area contributed by atoms with Gasteiger partial charge in [-0.2, -0.15) is 5.10 Å². The Morgan fingerprint density at radius 3 is 2.73 bits per heavy atom. The van der Waals surface area contributed by atoms with Crippen LogP contribution in [0.25, 0.3) is 16.9 Å². The molecule has 1 fully saturated rings. The second-order valence-corrected chi connectivity index (χ2v) is 5.75. The molecule has 0 bridgehead atoms. The van der Waals surface area contributed by atoms with Crippen LogP contribution in [0.15, 0.2) is 30.7 Å². The molecule has 0 amide bonds. The number of nitrogens with one attached hydrogen (secondary N) is 1. The molecule has 1 saturated heterocycles. The Morgan fingerprint density at radius 1 is 1.18 bits per heavy atom. The number of fused-ring (bicyclic) bond motifs is 1. The minimum absolute atomic E-state index is 0.206. The highest BCUT2D eigenvalue weighted by Gasteiger charge is 2.23. The average molecular weight is 298 g/mol. The smallest absolute Gasteiger partial charge is 0.154 e. The quantitative estimate of drug-likeness (QED) is 0.780. The topological polar surface area (TPSA) is 71.3 Å². The van der Waals surface area contributed by atoms with E-state index in [0.717, 1.165) is 35.8 Å². The number of aromatic amines is 1. The number of H-pyrrole nitrogens is 1. The van der Waals surface area contributed by atoms with Gasteiger partial charge in [-0.25, -0.2) is 9.50 Å². The Hall–Kier alpha value is -2.41. The van der Waals surface area contributed by atoms with Gasteiger partial charge in [0.25, 0.3) is 0 Å². The molecule has 0 saturated carbocycles. The summed E-state index contributed by atoms with van der Waals surface area (Å²) in [5, 5.41) is 11.6. The van der Waals surface area contributed by atoms with Crippen LogP contribution in [0, 0.1) is 0 Å². The Balaban J connectivity index is 1.75. The first-order valence-electron chi connectivity index (χ1n) is 7.45. The van der Waals surface area contributed by atoms with E-state index in [1.165, 1.54) is 0 Å². The van der Waals surface area contributed by atoms with Gasteiger partial charge in [-0.05, 0) is 26.0 Å². The number of ether oxygens (including phenoxy) is 1. The lowest BCUT2D eigenvalue weighted by Gasteiger charge is -2.35. The number of morpholine rings is 1. The Labute approximate surface area is 127 Å². The van der Waals surface area contributed by atoms with Gasteiger partial charge in [0.05, 0.1) is 30.3 Å². The number of nitrogens with zero attached hydrogens (tertiary/aromatic N) is 5. The standard InChI is InChI=1S/C15H18N6O/c1-10-8-20(9-11(2)22-10)15-4-3-14-16-7-13(21(14)19-15)12-5-17-18-6-12/h3-7,10-11H,8-9H2,1-2H3,(H,17,18)/t10-,11+. The summed E-state index contributed by atoms with van der Waals surface area (Å²) in [6.07, 6.45) is 5.85. The molecule has 0 radical (unpaired) electrons. The zero-order chi connectivity index (χ0) is 15.1. The summed E-state index contributed by atoms with van der Waals surface area (Å²) >= 11 is 0. The Kier molecular flexibility index (Phi) is 3.07. The molecule has 7 heteroatoms. The predicted molar refractivity (Wildman–Crippen MR) is 82.8 cm³/mol. The highest BCUT2D eigenvalue weighted by molar-refractivity contribution is 5.62. The van der Waals surface area contributed by atoms with Gasteiger partial charge in [-0.15, -0.1) is 5.10 Å². The maximum Gasteiger partial charge on any atom is 0.154 e. The van der Waals surface area contributed by atoms with Gasteiger partial charge < -0.3 is 9.64 Å². The minimum Gasteiger partial charge on any atom is -0.372 e. The number of aromatic nitrogens is 5. The molecular formula is C15H18N6O. The fourth-order valence-electron chi connectivity index (χ4n) is 2.99. The monoisotopic (exact) mass is 298 g/mol. The van der Waals surface area contributed by atoms with E-state index < -0.39 is 0 Å². The number of anilines is 1. The number of hydrogen-bond donors (Lipinski definition) is 1. The molecule has 3 aromatic rings. The molecule has 1 aliphatic heterocycles. The molecule has 0 spiro atoms. The minimum atomic E-state index is 0.206. The molecule has 3 aromatic heterocycles. The molecule has 1 aliphatic rings. The maximum absolute atomic E-state index is 5.79. The van der Waals surface area contributed by atoms with Crippen molar-refractivity contribution in [1.82, 2.24) is 24.8 Å². The number of imidazole rings is 1. The molecule has 4 heterocycles. The van der Waals surface area contributed by atoms with Gasteiger partial charge in [0, 0.05) is 24.8 Å². The second-order valence-electron chi connectivity index (χ2n) is 5.75. The van der Waals surface area contributed by atoms with Crippen molar-refractivity contribution in [2.45, 2.75) is 26.1 Å². The summed E-state index contributed by atoms with van der Waals surface area (Å²) in [5.41, 5.74) is 2.73. The zero-order valence-corrected chi connectivity index (χ0v) is 12.6. The fraction of sp³-hybridized carbons (Fsp3) is 0.400. The van der Waals surface area contributed by atoms with E-state index in [4.69, 9.17) is 9.84 Å². The normalized spacial score (nSPS) is 22.4. The van der Waals surface area contributed by atoms with Crippen molar-refractivity contribution in [3.05, 3.63) is 30.7 Å². The summed E-state index contributed by atoms with van der Waals surface area (Å²) in [6.45, 7) is 5.88. The number of hydrogen-bond acceptors (Lipinski definition) is 5. The van der Waals surface area contributed by atoms with Gasteiger partial charge in [-0.3, -0.25) is 5.10 Å². The second kappa shape index (κ2) is 5.10.